The van der Waals surface area contributed by atoms with E-state index in [9.17, 15) is 5.11 Å². The number of piperazine rings is 1. The Kier molecular flexibility index (Phi) is 7.28. The third kappa shape index (κ3) is 6.14. The van der Waals surface area contributed by atoms with Crippen LogP contribution in [0.2, 0.25) is 0 Å². The molecular formula is C27H38N4O2. The number of para-hydroxylation sites is 1. The molecule has 5 rings (SSSR count). The number of ether oxygens (including phenoxy) is 1. The first-order valence-electron chi connectivity index (χ1n) is 12.5. The molecule has 0 aliphatic carbocycles. The number of benzene rings is 2. The van der Waals surface area contributed by atoms with Gasteiger partial charge in [-0.3, -0.25) is 14.7 Å². The number of aliphatic hydroxyl groups is 1. The number of anilines is 1. The van der Waals surface area contributed by atoms with Crippen molar-refractivity contribution in [2.75, 3.05) is 77.0 Å². The highest BCUT2D eigenvalue weighted by Gasteiger charge is 2.38. The summed E-state index contributed by atoms with van der Waals surface area (Å²) in [7, 11) is 0. The van der Waals surface area contributed by atoms with E-state index in [-0.39, 0.29) is 0 Å². The third-order valence-corrected chi connectivity index (χ3v) is 7.33. The van der Waals surface area contributed by atoms with E-state index in [0.29, 0.717) is 0 Å². The predicted molar refractivity (Wildman–Crippen MR) is 132 cm³/mol. The lowest BCUT2D eigenvalue weighted by Crippen LogP contribution is -2.52. The number of nitrogens with zero attached hydrogens (tertiary/aromatic N) is 4. The lowest BCUT2D eigenvalue weighted by Gasteiger charge is -2.39. The maximum atomic E-state index is 11.3. The summed E-state index contributed by atoms with van der Waals surface area (Å²) in [6.07, 6.45) is 0.860. The van der Waals surface area contributed by atoms with E-state index in [2.05, 4.69) is 74.2 Å². The molecule has 3 saturated heterocycles. The maximum absolute atomic E-state index is 11.3. The minimum absolute atomic E-state index is 0.597. The second-order valence-electron chi connectivity index (χ2n) is 9.99. The van der Waals surface area contributed by atoms with Gasteiger partial charge in [-0.05, 0) is 29.7 Å². The quantitative estimate of drug-likeness (QED) is 0.698. The van der Waals surface area contributed by atoms with E-state index in [1.807, 2.05) is 0 Å². The van der Waals surface area contributed by atoms with Crippen LogP contribution in [-0.2, 0) is 17.8 Å². The molecule has 3 fully saturated rings. The van der Waals surface area contributed by atoms with Crippen molar-refractivity contribution in [2.24, 2.45) is 0 Å². The van der Waals surface area contributed by atoms with E-state index in [0.717, 1.165) is 91.6 Å². The van der Waals surface area contributed by atoms with Gasteiger partial charge in [0.2, 0.25) is 0 Å². The van der Waals surface area contributed by atoms with Gasteiger partial charge in [-0.1, -0.05) is 42.5 Å². The predicted octanol–water partition coefficient (Wildman–Crippen LogP) is 2.28. The summed E-state index contributed by atoms with van der Waals surface area (Å²) in [6, 6.07) is 19.6. The zero-order chi connectivity index (χ0) is 22.5. The molecule has 0 radical (unpaired) electrons. The number of likely N-dealkylation sites (tertiary alicyclic amines) is 1. The third-order valence-electron chi connectivity index (χ3n) is 7.33. The standard InChI is InChI=1S/C27H38N4O2/c32-27(22-29-11-13-31(14-12-29)26-7-2-1-3-8-26)9-10-30(23-27)21-25-6-4-5-24(19-25)20-28-15-17-33-18-16-28/h1-8,19,32H,9-18,20-23H2/t27-/m0/s1. The zero-order valence-corrected chi connectivity index (χ0v) is 19.7. The highest BCUT2D eigenvalue weighted by molar-refractivity contribution is 5.46. The molecule has 0 amide bonds. The first-order chi connectivity index (χ1) is 16.2. The topological polar surface area (TPSA) is 42.4 Å². The second-order valence-corrected chi connectivity index (χ2v) is 9.99. The van der Waals surface area contributed by atoms with Gasteiger partial charge in [-0.15, -0.1) is 0 Å². The Morgan fingerprint density at radius 2 is 1.42 bits per heavy atom. The lowest BCUT2D eigenvalue weighted by atomic mass is 10.0. The van der Waals surface area contributed by atoms with Gasteiger partial charge in [0, 0.05) is 77.7 Å². The van der Waals surface area contributed by atoms with E-state index < -0.39 is 5.60 Å². The summed E-state index contributed by atoms with van der Waals surface area (Å²) in [5, 5.41) is 11.3. The Morgan fingerprint density at radius 3 is 2.15 bits per heavy atom. The van der Waals surface area contributed by atoms with Crippen LogP contribution in [0.1, 0.15) is 17.5 Å². The fraction of sp³-hybridized carbons (Fsp3) is 0.556. The van der Waals surface area contributed by atoms with Crippen molar-refractivity contribution in [3.05, 3.63) is 65.7 Å². The zero-order valence-electron chi connectivity index (χ0n) is 19.7. The highest BCUT2D eigenvalue weighted by atomic mass is 16.5. The van der Waals surface area contributed by atoms with Gasteiger partial charge in [0.1, 0.15) is 0 Å². The van der Waals surface area contributed by atoms with Crippen LogP contribution in [0.4, 0.5) is 5.69 Å². The molecular weight excluding hydrogens is 412 g/mol. The molecule has 3 aliphatic heterocycles. The van der Waals surface area contributed by atoms with Gasteiger partial charge in [0.15, 0.2) is 0 Å². The normalized spacial score (nSPS) is 25.5. The second kappa shape index (κ2) is 10.5. The van der Waals surface area contributed by atoms with Crippen molar-refractivity contribution in [3.63, 3.8) is 0 Å². The molecule has 0 unspecified atom stereocenters. The van der Waals surface area contributed by atoms with E-state index >= 15 is 0 Å². The van der Waals surface area contributed by atoms with Crippen LogP contribution in [0, 0.1) is 0 Å². The van der Waals surface area contributed by atoms with Crippen molar-refractivity contribution >= 4 is 5.69 Å². The fourth-order valence-electron chi connectivity index (χ4n) is 5.53. The fourth-order valence-corrected chi connectivity index (χ4v) is 5.53. The van der Waals surface area contributed by atoms with E-state index in [1.54, 1.807) is 0 Å². The van der Waals surface area contributed by atoms with Gasteiger partial charge in [0.25, 0.3) is 0 Å². The van der Waals surface area contributed by atoms with Gasteiger partial charge >= 0.3 is 0 Å². The van der Waals surface area contributed by atoms with Crippen molar-refractivity contribution in [1.82, 2.24) is 14.7 Å². The van der Waals surface area contributed by atoms with Crippen LogP contribution in [0.5, 0.6) is 0 Å². The smallest absolute Gasteiger partial charge is 0.0912 e. The monoisotopic (exact) mass is 450 g/mol. The van der Waals surface area contributed by atoms with Crippen LogP contribution >= 0.6 is 0 Å². The summed E-state index contributed by atoms with van der Waals surface area (Å²) < 4.78 is 5.47. The molecule has 2 aromatic carbocycles. The molecule has 3 heterocycles. The molecule has 0 aromatic heterocycles. The van der Waals surface area contributed by atoms with Crippen LogP contribution in [0.25, 0.3) is 0 Å². The van der Waals surface area contributed by atoms with Crippen molar-refractivity contribution in [2.45, 2.75) is 25.1 Å². The van der Waals surface area contributed by atoms with Gasteiger partial charge in [-0.2, -0.15) is 0 Å². The summed E-state index contributed by atoms with van der Waals surface area (Å²) in [5.41, 5.74) is 3.43. The first-order valence-corrected chi connectivity index (χ1v) is 12.5. The molecule has 3 aliphatic rings. The summed E-state index contributed by atoms with van der Waals surface area (Å²) in [5.74, 6) is 0. The van der Waals surface area contributed by atoms with Crippen LogP contribution in [0.15, 0.2) is 54.6 Å². The van der Waals surface area contributed by atoms with Crippen molar-refractivity contribution < 1.29 is 9.84 Å². The molecule has 0 spiro atoms. The van der Waals surface area contributed by atoms with Gasteiger partial charge in [0.05, 0.1) is 18.8 Å². The molecule has 0 saturated carbocycles. The number of morpholine rings is 1. The molecule has 1 N–H and O–H groups in total. The molecule has 2 aromatic rings. The Hall–Kier alpha value is -1.96. The molecule has 0 bridgehead atoms. The Bertz CT molecular complexity index is 881. The molecule has 178 valence electrons. The van der Waals surface area contributed by atoms with E-state index in [1.165, 1.54) is 16.8 Å². The summed E-state index contributed by atoms with van der Waals surface area (Å²) >= 11 is 0. The lowest BCUT2D eigenvalue weighted by molar-refractivity contribution is 0.00978. The van der Waals surface area contributed by atoms with Crippen LogP contribution < -0.4 is 4.90 Å². The Labute approximate surface area is 198 Å². The van der Waals surface area contributed by atoms with Crippen LogP contribution in [0.3, 0.4) is 0 Å². The molecule has 6 heteroatoms. The SMILES string of the molecule is O[C@]1(CN2CCN(c3ccccc3)CC2)CCN(Cc2cccc(CN3CCOCC3)c2)C1. The Morgan fingerprint density at radius 1 is 0.727 bits per heavy atom. The number of hydrogen-bond donors (Lipinski definition) is 1. The summed E-state index contributed by atoms with van der Waals surface area (Å²) in [4.78, 5) is 9.79. The summed E-state index contributed by atoms with van der Waals surface area (Å²) in [6.45, 7) is 12.2. The average molecular weight is 451 g/mol. The molecule has 1 atom stereocenters. The Balaban J connectivity index is 1.10. The molecule has 6 nitrogen and oxygen atoms in total. The number of rotatable bonds is 7. The van der Waals surface area contributed by atoms with Gasteiger partial charge < -0.3 is 14.7 Å². The van der Waals surface area contributed by atoms with Gasteiger partial charge in [-0.25, -0.2) is 0 Å². The first kappa shape index (κ1) is 22.8. The minimum atomic E-state index is -0.597. The average Bonchev–Trinajstić information content (AvgIpc) is 3.21. The van der Waals surface area contributed by atoms with Crippen LogP contribution in [-0.4, -0.2) is 97.5 Å². The van der Waals surface area contributed by atoms with Crippen molar-refractivity contribution in [3.8, 4) is 0 Å². The van der Waals surface area contributed by atoms with E-state index in [4.69, 9.17) is 4.74 Å². The highest BCUT2D eigenvalue weighted by Crippen LogP contribution is 2.25. The number of β-amino-alcohol motifs (C(OH)–C–C–N with tert-alkyl or cyclic N) is 1. The largest absolute Gasteiger partial charge is 0.387 e. The van der Waals surface area contributed by atoms with Crippen molar-refractivity contribution in [1.29, 1.82) is 0 Å². The maximum Gasteiger partial charge on any atom is 0.0912 e. The minimum Gasteiger partial charge on any atom is -0.387 e. The number of hydrogen-bond acceptors (Lipinski definition) is 6. The molecule has 33 heavy (non-hydrogen) atoms.